The zero-order valence-corrected chi connectivity index (χ0v) is 10.9. The maximum absolute atomic E-state index is 11.5. The number of hydrogen-bond acceptors (Lipinski definition) is 3. The maximum Gasteiger partial charge on any atom is 0.345 e. The molecular formula is C11H12BrN3O2. The van der Waals surface area contributed by atoms with Crippen LogP contribution in [0.5, 0.6) is 5.75 Å². The fourth-order valence-electron chi connectivity index (χ4n) is 1.38. The molecule has 2 aromatic rings. The monoisotopic (exact) mass is 297 g/mol. The van der Waals surface area contributed by atoms with Gasteiger partial charge in [-0.1, -0.05) is 12.1 Å². The molecule has 0 N–H and O–H groups in total. The first-order valence-corrected chi connectivity index (χ1v) is 5.93. The van der Waals surface area contributed by atoms with E-state index in [-0.39, 0.29) is 5.69 Å². The summed E-state index contributed by atoms with van der Waals surface area (Å²) in [6.45, 7) is 0.834. The fourth-order valence-corrected chi connectivity index (χ4v) is 1.78. The van der Waals surface area contributed by atoms with Crippen LogP contribution in [0.25, 0.3) is 0 Å². The third kappa shape index (κ3) is 2.76. The molecule has 0 saturated heterocycles. The van der Waals surface area contributed by atoms with E-state index in [0.717, 1.165) is 10.2 Å². The van der Waals surface area contributed by atoms with E-state index in [9.17, 15) is 4.79 Å². The number of aromatic nitrogens is 3. The molecule has 5 nitrogen and oxygen atoms in total. The Morgan fingerprint density at radius 2 is 2.18 bits per heavy atom. The Morgan fingerprint density at radius 3 is 2.82 bits per heavy atom. The molecule has 0 radical (unpaired) electrons. The molecule has 0 bridgehead atoms. The second-order valence-electron chi connectivity index (χ2n) is 3.53. The van der Waals surface area contributed by atoms with Gasteiger partial charge in [0.05, 0.1) is 11.0 Å². The van der Waals surface area contributed by atoms with Crippen LogP contribution in [-0.2, 0) is 13.6 Å². The van der Waals surface area contributed by atoms with Crippen molar-refractivity contribution < 1.29 is 4.74 Å². The smallest absolute Gasteiger partial charge is 0.345 e. The molecule has 0 aliphatic carbocycles. The summed E-state index contributed by atoms with van der Waals surface area (Å²) in [5.74, 6) is 0.761. The molecule has 0 fully saturated rings. The highest BCUT2D eigenvalue weighted by Gasteiger charge is 2.02. The highest BCUT2D eigenvalue weighted by atomic mass is 79.9. The number of hydrogen-bond donors (Lipinski definition) is 0. The summed E-state index contributed by atoms with van der Waals surface area (Å²) in [5.41, 5.74) is -0.138. The number of halogens is 1. The summed E-state index contributed by atoms with van der Waals surface area (Å²) in [6, 6.07) is 7.58. The van der Waals surface area contributed by atoms with Gasteiger partial charge in [-0.05, 0) is 28.1 Å². The number of para-hydroxylation sites is 1. The highest BCUT2D eigenvalue weighted by molar-refractivity contribution is 9.10. The normalized spacial score (nSPS) is 10.5. The van der Waals surface area contributed by atoms with Gasteiger partial charge in [-0.2, -0.15) is 5.10 Å². The van der Waals surface area contributed by atoms with Crippen LogP contribution in [0.1, 0.15) is 0 Å². The Morgan fingerprint density at radius 1 is 1.41 bits per heavy atom. The second kappa shape index (κ2) is 5.18. The summed E-state index contributed by atoms with van der Waals surface area (Å²) in [7, 11) is 1.67. The molecule has 0 amide bonds. The van der Waals surface area contributed by atoms with Crippen LogP contribution >= 0.6 is 15.9 Å². The summed E-state index contributed by atoms with van der Waals surface area (Å²) >= 11 is 3.39. The van der Waals surface area contributed by atoms with Gasteiger partial charge in [0.2, 0.25) is 0 Å². The lowest BCUT2D eigenvalue weighted by Crippen LogP contribution is -2.25. The topological polar surface area (TPSA) is 49.0 Å². The van der Waals surface area contributed by atoms with E-state index in [4.69, 9.17) is 4.74 Å². The third-order valence-corrected chi connectivity index (χ3v) is 2.94. The SMILES string of the molecule is Cn1cnn(CCOc2ccccc2Br)c1=O. The van der Waals surface area contributed by atoms with Crippen LogP contribution in [0, 0.1) is 0 Å². The molecule has 1 aromatic heterocycles. The molecular weight excluding hydrogens is 286 g/mol. The number of rotatable bonds is 4. The van der Waals surface area contributed by atoms with Gasteiger partial charge in [0.25, 0.3) is 0 Å². The number of nitrogens with zero attached hydrogens (tertiary/aromatic N) is 3. The van der Waals surface area contributed by atoms with Crippen molar-refractivity contribution in [1.29, 1.82) is 0 Å². The second-order valence-corrected chi connectivity index (χ2v) is 4.38. The molecule has 0 spiro atoms. The molecule has 6 heteroatoms. The van der Waals surface area contributed by atoms with Crippen molar-refractivity contribution in [3.63, 3.8) is 0 Å². The molecule has 1 aromatic carbocycles. The molecule has 1 heterocycles. The predicted octanol–water partition coefficient (Wildman–Crippen LogP) is 1.42. The number of benzene rings is 1. The van der Waals surface area contributed by atoms with Crippen molar-refractivity contribution in [3.8, 4) is 5.75 Å². The first-order chi connectivity index (χ1) is 8.18. The van der Waals surface area contributed by atoms with E-state index in [1.165, 1.54) is 15.6 Å². The zero-order chi connectivity index (χ0) is 12.3. The van der Waals surface area contributed by atoms with Crippen LogP contribution in [0.3, 0.4) is 0 Å². The molecule has 17 heavy (non-hydrogen) atoms. The molecule has 0 aliphatic heterocycles. The van der Waals surface area contributed by atoms with Crippen molar-refractivity contribution in [1.82, 2.24) is 14.3 Å². The highest BCUT2D eigenvalue weighted by Crippen LogP contribution is 2.23. The lowest BCUT2D eigenvalue weighted by atomic mass is 10.3. The summed E-state index contributed by atoms with van der Waals surface area (Å²) in [4.78, 5) is 11.5. The minimum Gasteiger partial charge on any atom is -0.490 e. The van der Waals surface area contributed by atoms with Gasteiger partial charge in [0, 0.05) is 7.05 Å². The average molecular weight is 298 g/mol. The van der Waals surface area contributed by atoms with E-state index >= 15 is 0 Å². The standard InChI is InChI=1S/C11H12BrN3O2/c1-14-8-13-15(11(14)16)6-7-17-10-5-3-2-4-9(10)12/h2-5,8H,6-7H2,1H3. The Labute approximate surface area is 107 Å². The number of ether oxygens (including phenoxy) is 1. The lowest BCUT2D eigenvalue weighted by Gasteiger charge is -2.07. The minimum atomic E-state index is -0.138. The van der Waals surface area contributed by atoms with Gasteiger partial charge < -0.3 is 4.74 Å². The van der Waals surface area contributed by atoms with Crippen LogP contribution in [0.4, 0.5) is 0 Å². The first kappa shape index (κ1) is 11.9. The Balaban J connectivity index is 1.95. The van der Waals surface area contributed by atoms with Crippen molar-refractivity contribution in [3.05, 3.63) is 45.5 Å². The van der Waals surface area contributed by atoms with Crippen molar-refractivity contribution in [2.45, 2.75) is 6.54 Å². The maximum atomic E-state index is 11.5. The minimum absolute atomic E-state index is 0.138. The molecule has 0 aliphatic rings. The van der Waals surface area contributed by atoms with Gasteiger partial charge in [0.1, 0.15) is 18.7 Å². The Bertz CT molecular complexity index is 562. The van der Waals surface area contributed by atoms with E-state index < -0.39 is 0 Å². The lowest BCUT2D eigenvalue weighted by molar-refractivity contribution is 0.287. The van der Waals surface area contributed by atoms with Crippen LogP contribution in [0.15, 0.2) is 39.9 Å². The quantitative estimate of drug-likeness (QED) is 0.858. The van der Waals surface area contributed by atoms with E-state index in [0.29, 0.717) is 13.2 Å². The third-order valence-electron chi connectivity index (χ3n) is 2.28. The van der Waals surface area contributed by atoms with Crippen molar-refractivity contribution >= 4 is 15.9 Å². The van der Waals surface area contributed by atoms with Gasteiger partial charge >= 0.3 is 5.69 Å². The summed E-state index contributed by atoms with van der Waals surface area (Å²) < 4.78 is 9.25. The van der Waals surface area contributed by atoms with E-state index in [1.807, 2.05) is 24.3 Å². The van der Waals surface area contributed by atoms with Gasteiger partial charge in [-0.3, -0.25) is 4.57 Å². The molecule has 0 atom stereocenters. The van der Waals surface area contributed by atoms with Gasteiger partial charge in [-0.15, -0.1) is 0 Å². The van der Waals surface area contributed by atoms with Crippen LogP contribution < -0.4 is 10.4 Å². The fraction of sp³-hybridized carbons (Fsp3) is 0.273. The van der Waals surface area contributed by atoms with Gasteiger partial charge in [-0.25, -0.2) is 9.48 Å². The Hall–Kier alpha value is -1.56. The molecule has 90 valence electrons. The predicted molar refractivity (Wildman–Crippen MR) is 67.1 cm³/mol. The van der Waals surface area contributed by atoms with Crippen molar-refractivity contribution in [2.24, 2.45) is 7.05 Å². The largest absolute Gasteiger partial charge is 0.490 e. The van der Waals surface area contributed by atoms with Gasteiger partial charge in [0.15, 0.2) is 0 Å². The summed E-state index contributed by atoms with van der Waals surface area (Å²) in [6.07, 6.45) is 1.49. The van der Waals surface area contributed by atoms with Crippen molar-refractivity contribution in [2.75, 3.05) is 6.61 Å². The molecule has 0 unspecified atom stereocenters. The van der Waals surface area contributed by atoms with E-state index in [1.54, 1.807) is 7.05 Å². The van der Waals surface area contributed by atoms with E-state index in [2.05, 4.69) is 21.0 Å². The molecule has 2 rings (SSSR count). The number of aryl methyl sites for hydroxylation is 1. The average Bonchev–Trinajstić information content (AvgIpc) is 2.63. The Kier molecular flexibility index (Phi) is 3.63. The first-order valence-electron chi connectivity index (χ1n) is 5.14. The van der Waals surface area contributed by atoms with Crippen LogP contribution in [-0.4, -0.2) is 21.0 Å². The van der Waals surface area contributed by atoms with Crippen LogP contribution in [0.2, 0.25) is 0 Å². The zero-order valence-electron chi connectivity index (χ0n) is 9.34. The summed E-state index contributed by atoms with van der Waals surface area (Å²) in [5, 5.41) is 3.94. The molecule has 0 saturated carbocycles.